The third kappa shape index (κ3) is 5.94. The summed E-state index contributed by atoms with van der Waals surface area (Å²) in [6, 6.07) is 25.2. The summed E-state index contributed by atoms with van der Waals surface area (Å²) in [6.45, 7) is 0.135. The Morgan fingerprint density at radius 1 is 0.900 bits per heavy atom. The van der Waals surface area contributed by atoms with Gasteiger partial charge in [-0.2, -0.15) is 5.26 Å². The second-order valence-corrected chi connectivity index (χ2v) is 6.41. The lowest BCUT2D eigenvalue weighted by molar-refractivity contribution is -0.143. The second-order valence-electron chi connectivity index (χ2n) is 6.41. The standard InChI is InChI=1S/C24H20N2O4/c25-14-20-9-4-5-10-21(20)17-29-22-12-6-11-19(13-22)24(28)26-15-23(27)30-16-18-7-2-1-3-8-18/h1-13H,15-17H2,(H,26,28). The molecule has 0 aliphatic heterocycles. The second kappa shape index (κ2) is 10.4. The van der Waals surface area contributed by atoms with Crippen molar-refractivity contribution in [1.29, 1.82) is 5.26 Å². The molecule has 1 amide bonds. The third-order valence-corrected chi connectivity index (χ3v) is 4.26. The molecule has 0 fully saturated rings. The van der Waals surface area contributed by atoms with E-state index >= 15 is 0 Å². The summed E-state index contributed by atoms with van der Waals surface area (Å²) in [7, 11) is 0. The number of benzene rings is 3. The van der Waals surface area contributed by atoms with E-state index in [2.05, 4.69) is 11.4 Å². The van der Waals surface area contributed by atoms with Crippen LogP contribution in [0, 0.1) is 11.3 Å². The van der Waals surface area contributed by atoms with Gasteiger partial charge in [0.25, 0.3) is 5.91 Å². The third-order valence-electron chi connectivity index (χ3n) is 4.26. The van der Waals surface area contributed by atoms with Gasteiger partial charge in [0.2, 0.25) is 0 Å². The Labute approximate surface area is 174 Å². The summed E-state index contributed by atoms with van der Waals surface area (Å²) < 4.78 is 10.9. The fourth-order valence-corrected chi connectivity index (χ4v) is 2.69. The molecule has 0 saturated carbocycles. The zero-order valence-electron chi connectivity index (χ0n) is 16.2. The molecule has 0 atom stereocenters. The van der Waals surface area contributed by atoms with Gasteiger partial charge in [0.15, 0.2) is 0 Å². The Hall–Kier alpha value is -4.11. The summed E-state index contributed by atoms with van der Waals surface area (Å²) >= 11 is 0. The van der Waals surface area contributed by atoms with Gasteiger partial charge in [0, 0.05) is 11.1 Å². The average Bonchev–Trinajstić information content (AvgIpc) is 2.80. The minimum atomic E-state index is -0.521. The molecule has 3 aromatic carbocycles. The molecule has 3 rings (SSSR count). The van der Waals surface area contributed by atoms with E-state index in [1.165, 1.54) is 0 Å². The molecule has 0 aromatic heterocycles. The molecule has 3 aromatic rings. The normalized spacial score (nSPS) is 9.97. The maximum Gasteiger partial charge on any atom is 0.325 e. The number of hydrogen-bond donors (Lipinski definition) is 1. The minimum absolute atomic E-state index is 0.156. The van der Waals surface area contributed by atoms with Crippen LogP contribution in [0.2, 0.25) is 0 Å². The molecule has 6 nitrogen and oxygen atoms in total. The van der Waals surface area contributed by atoms with Crippen molar-refractivity contribution in [1.82, 2.24) is 5.32 Å². The first kappa shape index (κ1) is 20.6. The number of nitrogens with one attached hydrogen (secondary N) is 1. The Bertz CT molecular complexity index is 1060. The van der Waals surface area contributed by atoms with Crippen LogP contribution in [0.25, 0.3) is 0 Å². The number of hydrogen-bond acceptors (Lipinski definition) is 5. The number of carbonyl (C=O) groups excluding carboxylic acids is 2. The molecule has 0 heterocycles. The highest BCUT2D eigenvalue weighted by atomic mass is 16.5. The fourth-order valence-electron chi connectivity index (χ4n) is 2.69. The maximum absolute atomic E-state index is 12.3. The SMILES string of the molecule is N#Cc1ccccc1COc1cccc(C(=O)NCC(=O)OCc2ccccc2)c1. The molecule has 0 aliphatic rings. The molecular weight excluding hydrogens is 380 g/mol. The molecule has 0 bridgehead atoms. The van der Waals surface area contributed by atoms with Crippen molar-refractivity contribution in [2.75, 3.05) is 6.54 Å². The summed E-state index contributed by atoms with van der Waals surface area (Å²) in [5, 5.41) is 11.7. The zero-order valence-corrected chi connectivity index (χ0v) is 16.2. The highest BCUT2D eigenvalue weighted by Crippen LogP contribution is 2.16. The highest BCUT2D eigenvalue weighted by Gasteiger charge is 2.10. The highest BCUT2D eigenvalue weighted by molar-refractivity contribution is 5.96. The van der Waals surface area contributed by atoms with Gasteiger partial charge in [-0.15, -0.1) is 0 Å². The van der Waals surface area contributed by atoms with E-state index in [1.807, 2.05) is 42.5 Å². The lowest BCUT2D eigenvalue weighted by atomic mass is 10.1. The first-order valence-electron chi connectivity index (χ1n) is 9.34. The lowest BCUT2D eigenvalue weighted by Crippen LogP contribution is -2.30. The number of nitrogens with zero attached hydrogens (tertiary/aromatic N) is 1. The van der Waals surface area contributed by atoms with Gasteiger partial charge in [-0.25, -0.2) is 0 Å². The van der Waals surface area contributed by atoms with Gasteiger partial charge in [0.1, 0.15) is 25.5 Å². The Balaban J connectivity index is 1.50. The van der Waals surface area contributed by atoms with Gasteiger partial charge < -0.3 is 14.8 Å². The summed E-state index contributed by atoms with van der Waals surface area (Å²) in [6.07, 6.45) is 0. The van der Waals surface area contributed by atoms with Crippen LogP contribution in [0.3, 0.4) is 0 Å². The molecule has 0 saturated heterocycles. The van der Waals surface area contributed by atoms with E-state index in [4.69, 9.17) is 14.7 Å². The van der Waals surface area contributed by atoms with E-state index in [-0.39, 0.29) is 19.8 Å². The van der Waals surface area contributed by atoms with Crippen LogP contribution in [0.5, 0.6) is 5.75 Å². The molecule has 0 unspecified atom stereocenters. The number of nitriles is 1. The van der Waals surface area contributed by atoms with E-state index in [0.717, 1.165) is 11.1 Å². The predicted octanol–water partition coefficient (Wildman–Crippen LogP) is 3.61. The topological polar surface area (TPSA) is 88.4 Å². The van der Waals surface area contributed by atoms with Crippen LogP contribution in [0.15, 0.2) is 78.9 Å². The molecule has 150 valence electrons. The quantitative estimate of drug-likeness (QED) is 0.584. The largest absolute Gasteiger partial charge is 0.489 e. The molecule has 0 spiro atoms. The summed E-state index contributed by atoms with van der Waals surface area (Å²) in [4.78, 5) is 24.2. The number of esters is 1. The van der Waals surface area contributed by atoms with Crippen LogP contribution in [0.1, 0.15) is 27.0 Å². The van der Waals surface area contributed by atoms with Crippen LogP contribution in [-0.2, 0) is 22.7 Å². The number of carbonyl (C=O) groups is 2. The molecule has 30 heavy (non-hydrogen) atoms. The molecular formula is C24H20N2O4. The first-order valence-corrected chi connectivity index (χ1v) is 9.34. The minimum Gasteiger partial charge on any atom is -0.489 e. The summed E-state index contributed by atoms with van der Waals surface area (Å²) in [5.41, 5.74) is 2.54. The van der Waals surface area contributed by atoms with Crippen molar-refractivity contribution in [3.63, 3.8) is 0 Å². The molecule has 1 N–H and O–H groups in total. The molecule has 6 heteroatoms. The molecule has 0 radical (unpaired) electrons. The number of rotatable bonds is 8. The van der Waals surface area contributed by atoms with E-state index in [9.17, 15) is 9.59 Å². The number of ether oxygens (including phenoxy) is 2. The van der Waals surface area contributed by atoms with Crippen LogP contribution < -0.4 is 10.1 Å². The van der Waals surface area contributed by atoms with E-state index in [1.54, 1.807) is 36.4 Å². The van der Waals surface area contributed by atoms with Crippen molar-refractivity contribution in [3.8, 4) is 11.8 Å². The zero-order chi connectivity index (χ0) is 21.2. The fraction of sp³-hybridized carbons (Fsp3) is 0.125. The van der Waals surface area contributed by atoms with Crippen molar-refractivity contribution in [3.05, 3.63) is 101 Å². The molecule has 0 aliphatic carbocycles. The van der Waals surface area contributed by atoms with Gasteiger partial charge in [-0.1, -0.05) is 54.6 Å². The Morgan fingerprint density at radius 2 is 1.67 bits per heavy atom. The van der Waals surface area contributed by atoms with Gasteiger partial charge in [-0.3, -0.25) is 9.59 Å². The number of amides is 1. The van der Waals surface area contributed by atoms with Crippen LogP contribution >= 0.6 is 0 Å². The van der Waals surface area contributed by atoms with Crippen LogP contribution in [-0.4, -0.2) is 18.4 Å². The van der Waals surface area contributed by atoms with Crippen molar-refractivity contribution >= 4 is 11.9 Å². The maximum atomic E-state index is 12.3. The lowest BCUT2D eigenvalue weighted by Gasteiger charge is -2.10. The Kier molecular flexibility index (Phi) is 7.17. The smallest absolute Gasteiger partial charge is 0.325 e. The van der Waals surface area contributed by atoms with E-state index < -0.39 is 11.9 Å². The van der Waals surface area contributed by atoms with E-state index in [0.29, 0.717) is 16.9 Å². The van der Waals surface area contributed by atoms with Gasteiger partial charge in [0.05, 0.1) is 11.6 Å². The van der Waals surface area contributed by atoms with Crippen LogP contribution in [0.4, 0.5) is 0 Å². The monoisotopic (exact) mass is 400 g/mol. The van der Waals surface area contributed by atoms with Crippen molar-refractivity contribution in [2.24, 2.45) is 0 Å². The summed E-state index contributed by atoms with van der Waals surface area (Å²) in [5.74, 6) is -0.440. The van der Waals surface area contributed by atoms with Crippen molar-refractivity contribution < 1.29 is 19.1 Å². The first-order chi connectivity index (χ1) is 14.7. The van der Waals surface area contributed by atoms with Gasteiger partial charge >= 0.3 is 5.97 Å². The van der Waals surface area contributed by atoms with Gasteiger partial charge in [-0.05, 0) is 29.8 Å². The average molecular weight is 400 g/mol. The predicted molar refractivity (Wildman–Crippen MR) is 111 cm³/mol. The Morgan fingerprint density at radius 3 is 2.47 bits per heavy atom. The van der Waals surface area contributed by atoms with Crippen molar-refractivity contribution in [2.45, 2.75) is 13.2 Å².